The van der Waals surface area contributed by atoms with E-state index in [0.717, 1.165) is 32.0 Å². The Bertz CT molecular complexity index is 231. The minimum absolute atomic E-state index is 0.117. The zero-order valence-corrected chi connectivity index (χ0v) is 9.89. The highest BCUT2D eigenvalue weighted by atomic mass is 32.2. The summed E-state index contributed by atoms with van der Waals surface area (Å²) in [6, 6.07) is -0.117. The average Bonchev–Trinajstić information content (AvgIpc) is 2.29. The minimum atomic E-state index is -0.117. The lowest BCUT2D eigenvalue weighted by Gasteiger charge is -2.34. The minimum Gasteiger partial charge on any atom is -0.378 e. The van der Waals surface area contributed by atoms with Gasteiger partial charge in [0.2, 0.25) is 5.91 Å². The number of carbonyl (C=O) groups is 1. The summed E-state index contributed by atoms with van der Waals surface area (Å²) in [5.41, 5.74) is 0. The first-order chi connectivity index (χ1) is 7.27. The van der Waals surface area contributed by atoms with Gasteiger partial charge in [0.1, 0.15) is 6.04 Å². The lowest BCUT2D eigenvalue weighted by molar-refractivity contribution is -0.136. The van der Waals surface area contributed by atoms with Crippen molar-refractivity contribution in [3.8, 4) is 0 Å². The van der Waals surface area contributed by atoms with Gasteiger partial charge in [0.05, 0.1) is 13.2 Å². The monoisotopic (exact) mass is 230 g/mol. The molecule has 5 heteroatoms. The maximum Gasteiger partial charge on any atom is 0.242 e. The fourth-order valence-corrected chi connectivity index (χ4v) is 2.98. The number of carbonyl (C=O) groups excluding carboxylic acids is 1. The molecule has 0 spiro atoms. The standard InChI is InChI=1S/C10H18N2O2S/c1-8-6-12(3-5-15-8)10(13)9-7-14-4-2-11-9/h8-9,11H,2-7H2,1H3. The summed E-state index contributed by atoms with van der Waals surface area (Å²) < 4.78 is 5.31. The fourth-order valence-electron chi connectivity index (χ4n) is 1.96. The van der Waals surface area contributed by atoms with E-state index in [2.05, 4.69) is 12.2 Å². The van der Waals surface area contributed by atoms with E-state index in [1.54, 1.807) is 0 Å². The van der Waals surface area contributed by atoms with Gasteiger partial charge in [0.25, 0.3) is 0 Å². The smallest absolute Gasteiger partial charge is 0.242 e. The Morgan fingerprint density at radius 1 is 1.60 bits per heavy atom. The third kappa shape index (κ3) is 2.86. The molecule has 15 heavy (non-hydrogen) atoms. The predicted octanol–water partition coefficient (Wildman–Crippen LogP) is -0.0613. The maximum atomic E-state index is 12.1. The van der Waals surface area contributed by atoms with Crippen molar-refractivity contribution in [3.05, 3.63) is 0 Å². The molecule has 1 N–H and O–H groups in total. The molecule has 2 aliphatic rings. The fraction of sp³-hybridized carbons (Fsp3) is 0.900. The van der Waals surface area contributed by atoms with Crippen molar-refractivity contribution >= 4 is 17.7 Å². The third-order valence-corrected chi connectivity index (χ3v) is 3.91. The van der Waals surface area contributed by atoms with E-state index < -0.39 is 0 Å². The highest BCUT2D eigenvalue weighted by molar-refractivity contribution is 7.99. The van der Waals surface area contributed by atoms with Crippen molar-refractivity contribution in [2.75, 3.05) is 38.6 Å². The van der Waals surface area contributed by atoms with Gasteiger partial charge in [0, 0.05) is 30.6 Å². The maximum absolute atomic E-state index is 12.1. The van der Waals surface area contributed by atoms with Crippen molar-refractivity contribution in [2.45, 2.75) is 18.2 Å². The average molecular weight is 230 g/mol. The number of amides is 1. The Kier molecular flexibility index (Phi) is 3.88. The van der Waals surface area contributed by atoms with E-state index in [0.29, 0.717) is 11.9 Å². The van der Waals surface area contributed by atoms with E-state index in [-0.39, 0.29) is 11.9 Å². The lowest BCUT2D eigenvalue weighted by atomic mass is 10.2. The van der Waals surface area contributed by atoms with Gasteiger partial charge < -0.3 is 15.0 Å². The molecule has 2 fully saturated rings. The van der Waals surface area contributed by atoms with Crippen LogP contribution in [0.1, 0.15) is 6.92 Å². The van der Waals surface area contributed by atoms with E-state index >= 15 is 0 Å². The van der Waals surface area contributed by atoms with E-state index in [9.17, 15) is 4.79 Å². The van der Waals surface area contributed by atoms with Crippen LogP contribution in [0.2, 0.25) is 0 Å². The van der Waals surface area contributed by atoms with Crippen molar-refractivity contribution in [2.24, 2.45) is 0 Å². The van der Waals surface area contributed by atoms with Gasteiger partial charge in [-0.3, -0.25) is 4.79 Å². The van der Waals surface area contributed by atoms with Gasteiger partial charge in [0.15, 0.2) is 0 Å². The van der Waals surface area contributed by atoms with Crippen LogP contribution in [0.25, 0.3) is 0 Å². The topological polar surface area (TPSA) is 41.6 Å². The molecule has 0 aromatic carbocycles. The highest BCUT2D eigenvalue weighted by Crippen LogP contribution is 2.18. The van der Waals surface area contributed by atoms with Crippen LogP contribution >= 0.6 is 11.8 Å². The zero-order valence-electron chi connectivity index (χ0n) is 9.07. The summed E-state index contributed by atoms with van der Waals surface area (Å²) in [5.74, 6) is 1.27. The third-order valence-electron chi connectivity index (χ3n) is 2.77. The molecule has 0 aromatic rings. The first-order valence-electron chi connectivity index (χ1n) is 5.49. The number of thioether (sulfide) groups is 1. The molecule has 0 aromatic heterocycles. The Balaban J connectivity index is 1.88. The van der Waals surface area contributed by atoms with Crippen LogP contribution in [0, 0.1) is 0 Å². The highest BCUT2D eigenvalue weighted by Gasteiger charge is 2.28. The van der Waals surface area contributed by atoms with E-state index in [1.165, 1.54) is 0 Å². The number of hydrogen-bond acceptors (Lipinski definition) is 4. The molecule has 0 aliphatic carbocycles. The van der Waals surface area contributed by atoms with Crippen LogP contribution in [0.4, 0.5) is 0 Å². The number of nitrogens with zero attached hydrogens (tertiary/aromatic N) is 1. The molecule has 2 unspecified atom stereocenters. The summed E-state index contributed by atoms with van der Waals surface area (Å²) >= 11 is 1.94. The second-order valence-corrected chi connectivity index (χ2v) is 5.59. The van der Waals surface area contributed by atoms with Crippen LogP contribution in [0.15, 0.2) is 0 Å². The zero-order chi connectivity index (χ0) is 10.7. The Morgan fingerprint density at radius 2 is 2.47 bits per heavy atom. The molecule has 2 atom stereocenters. The lowest BCUT2D eigenvalue weighted by Crippen LogP contribution is -2.54. The molecule has 1 amide bonds. The first-order valence-corrected chi connectivity index (χ1v) is 6.54. The number of hydrogen-bond donors (Lipinski definition) is 1. The SMILES string of the molecule is CC1CN(C(=O)C2COCCN2)CCS1. The van der Waals surface area contributed by atoms with Crippen LogP contribution in [-0.4, -0.2) is 60.7 Å². The van der Waals surface area contributed by atoms with Crippen molar-refractivity contribution in [3.63, 3.8) is 0 Å². The molecule has 4 nitrogen and oxygen atoms in total. The molecule has 0 radical (unpaired) electrons. The molecule has 2 saturated heterocycles. The largest absolute Gasteiger partial charge is 0.378 e. The molecular formula is C10H18N2O2S. The molecule has 0 bridgehead atoms. The van der Waals surface area contributed by atoms with Gasteiger partial charge >= 0.3 is 0 Å². The van der Waals surface area contributed by atoms with Gasteiger partial charge in [-0.2, -0.15) is 11.8 Å². The quantitative estimate of drug-likeness (QED) is 0.685. The summed E-state index contributed by atoms with van der Waals surface area (Å²) in [4.78, 5) is 14.0. The van der Waals surface area contributed by atoms with Crippen LogP contribution in [-0.2, 0) is 9.53 Å². The Hall–Kier alpha value is -0.260. The first kappa shape index (κ1) is 11.2. The molecule has 2 aliphatic heterocycles. The van der Waals surface area contributed by atoms with Crippen LogP contribution in [0.5, 0.6) is 0 Å². The molecule has 86 valence electrons. The van der Waals surface area contributed by atoms with Crippen molar-refractivity contribution in [1.82, 2.24) is 10.2 Å². The summed E-state index contributed by atoms with van der Waals surface area (Å²) in [6.45, 7) is 5.96. The van der Waals surface area contributed by atoms with E-state index in [4.69, 9.17) is 4.74 Å². The summed E-state index contributed by atoms with van der Waals surface area (Å²) in [7, 11) is 0. The molecule has 2 heterocycles. The van der Waals surface area contributed by atoms with Gasteiger partial charge in [-0.05, 0) is 0 Å². The number of nitrogens with one attached hydrogen (secondary N) is 1. The van der Waals surface area contributed by atoms with Crippen molar-refractivity contribution < 1.29 is 9.53 Å². The predicted molar refractivity (Wildman–Crippen MR) is 61.1 cm³/mol. The number of ether oxygens (including phenoxy) is 1. The van der Waals surface area contributed by atoms with Gasteiger partial charge in [-0.1, -0.05) is 6.92 Å². The van der Waals surface area contributed by atoms with E-state index in [1.807, 2.05) is 16.7 Å². The Labute approximate surface area is 94.7 Å². The summed E-state index contributed by atoms with van der Waals surface area (Å²) in [5, 5.41) is 3.77. The molecular weight excluding hydrogens is 212 g/mol. The van der Waals surface area contributed by atoms with Gasteiger partial charge in [-0.25, -0.2) is 0 Å². The van der Waals surface area contributed by atoms with Gasteiger partial charge in [-0.15, -0.1) is 0 Å². The van der Waals surface area contributed by atoms with Crippen LogP contribution < -0.4 is 5.32 Å². The second-order valence-electron chi connectivity index (χ2n) is 4.05. The molecule has 0 saturated carbocycles. The summed E-state index contributed by atoms with van der Waals surface area (Å²) in [6.07, 6.45) is 0. The number of rotatable bonds is 1. The Morgan fingerprint density at radius 3 is 3.13 bits per heavy atom. The molecule has 2 rings (SSSR count). The normalized spacial score (nSPS) is 32.7. The number of morpholine rings is 1. The van der Waals surface area contributed by atoms with Crippen molar-refractivity contribution in [1.29, 1.82) is 0 Å². The second kappa shape index (κ2) is 5.18. The van der Waals surface area contributed by atoms with Crippen LogP contribution in [0.3, 0.4) is 0 Å².